The van der Waals surface area contributed by atoms with Gasteiger partial charge in [0.25, 0.3) is 0 Å². The fourth-order valence-corrected chi connectivity index (χ4v) is 4.80. The second-order valence-electron chi connectivity index (χ2n) is 6.39. The highest BCUT2D eigenvalue weighted by atomic mass is 16.1. The Bertz CT molecular complexity index is 569. The summed E-state index contributed by atoms with van der Waals surface area (Å²) in [5, 5.41) is 0. The molecule has 1 fully saturated rings. The minimum absolute atomic E-state index is 0.153. The summed E-state index contributed by atoms with van der Waals surface area (Å²) in [4.78, 5) is 12.8. The van der Waals surface area contributed by atoms with Gasteiger partial charge in [0, 0.05) is 6.42 Å². The third kappa shape index (κ3) is 1.34. The second kappa shape index (κ2) is 3.82. The summed E-state index contributed by atoms with van der Waals surface area (Å²) in [6.45, 7) is 2.21. The van der Waals surface area contributed by atoms with Gasteiger partial charge in [0.1, 0.15) is 5.78 Å². The lowest BCUT2D eigenvalue weighted by Gasteiger charge is -2.41. The van der Waals surface area contributed by atoms with Gasteiger partial charge in [-0.15, -0.1) is 0 Å². The molecule has 3 atom stereocenters. The lowest BCUT2D eigenvalue weighted by molar-refractivity contribution is -0.126. The van der Waals surface area contributed by atoms with Crippen molar-refractivity contribution in [2.24, 2.45) is 11.8 Å². The van der Waals surface area contributed by atoms with Gasteiger partial charge in [-0.2, -0.15) is 0 Å². The zero-order valence-electron chi connectivity index (χ0n) is 11.5. The van der Waals surface area contributed by atoms with Gasteiger partial charge in [-0.05, 0) is 54.2 Å². The highest BCUT2D eigenvalue weighted by Gasteiger charge is 2.56. The smallest absolute Gasteiger partial charge is 0.144 e. The molecule has 4 rings (SSSR count). The highest BCUT2D eigenvalue weighted by molar-refractivity contribution is 5.94. The minimum Gasteiger partial charge on any atom is -0.299 e. The van der Waals surface area contributed by atoms with Crippen LogP contribution in [-0.2, 0) is 23.1 Å². The highest BCUT2D eigenvalue weighted by Crippen LogP contribution is 2.57. The van der Waals surface area contributed by atoms with Crippen molar-refractivity contribution in [3.63, 3.8) is 0 Å². The molecule has 0 heterocycles. The summed E-state index contributed by atoms with van der Waals surface area (Å²) < 4.78 is 0. The van der Waals surface area contributed by atoms with E-state index in [1.165, 1.54) is 23.1 Å². The van der Waals surface area contributed by atoms with E-state index in [4.69, 9.17) is 0 Å². The van der Waals surface area contributed by atoms with Crippen LogP contribution in [0.15, 0.2) is 30.4 Å². The molecule has 1 nitrogen and oxygen atoms in total. The van der Waals surface area contributed by atoms with Crippen molar-refractivity contribution in [3.8, 4) is 0 Å². The number of carbonyl (C=O) groups excluding carboxylic acids is 1. The van der Waals surface area contributed by atoms with Gasteiger partial charge >= 0.3 is 0 Å². The van der Waals surface area contributed by atoms with Crippen LogP contribution in [0.1, 0.15) is 42.9 Å². The molecule has 1 spiro atoms. The predicted molar refractivity (Wildman–Crippen MR) is 76.2 cm³/mol. The van der Waals surface area contributed by atoms with Crippen molar-refractivity contribution in [1.29, 1.82) is 0 Å². The van der Waals surface area contributed by atoms with E-state index in [-0.39, 0.29) is 5.41 Å². The normalized spacial score (nSPS) is 35.1. The maximum Gasteiger partial charge on any atom is 0.144 e. The Labute approximate surface area is 114 Å². The number of allylic oxidation sites excluding steroid dienone is 2. The van der Waals surface area contributed by atoms with Gasteiger partial charge in [-0.3, -0.25) is 4.79 Å². The van der Waals surface area contributed by atoms with E-state index >= 15 is 0 Å². The Balaban J connectivity index is 1.98. The first-order valence-corrected chi connectivity index (χ1v) is 7.58. The van der Waals surface area contributed by atoms with E-state index in [2.05, 4.69) is 37.3 Å². The number of fused-ring (bicyclic) bond motifs is 5. The van der Waals surface area contributed by atoms with Crippen molar-refractivity contribution in [3.05, 3.63) is 47.0 Å². The molecular weight excluding hydrogens is 232 g/mol. The van der Waals surface area contributed by atoms with E-state index in [0.29, 0.717) is 17.6 Å². The molecule has 0 aromatic heterocycles. The summed E-state index contributed by atoms with van der Waals surface area (Å²) in [6, 6.07) is 6.65. The first-order valence-electron chi connectivity index (χ1n) is 7.58. The number of hydrogen-bond donors (Lipinski definition) is 0. The molecule has 1 aromatic rings. The molecule has 0 radical (unpaired) electrons. The van der Waals surface area contributed by atoms with Crippen LogP contribution in [0.3, 0.4) is 0 Å². The summed E-state index contributed by atoms with van der Waals surface area (Å²) in [5.74, 6) is 1.62. The van der Waals surface area contributed by atoms with Crippen LogP contribution < -0.4 is 0 Å². The van der Waals surface area contributed by atoms with Crippen LogP contribution in [0.2, 0.25) is 0 Å². The van der Waals surface area contributed by atoms with E-state index in [1.807, 2.05) is 0 Å². The molecule has 1 saturated carbocycles. The van der Waals surface area contributed by atoms with Crippen LogP contribution in [0.25, 0.3) is 0 Å². The molecule has 1 aromatic carbocycles. The van der Waals surface area contributed by atoms with E-state index in [1.54, 1.807) is 0 Å². The summed E-state index contributed by atoms with van der Waals surface area (Å²) >= 11 is 0. The van der Waals surface area contributed by atoms with Crippen LogP contribution >= 0.6 is 0 Å². The van der Waals surface area contributed by atoms with Crippen LogP contribution in [-0.4, -0.2) is 5.78 Å². The van der Waals surface area contributed by atoms with Gasteiger partial charge in [-0.1, -0.05) is 37.3 Å². The first kappa shape index (κ1) is 11.5. The van der Waals surface area contributed by atoms with Gasteiger partial charge in [0.05, 0.1) is 5.41 Å². The number of ketones is 1. The lowest BCUT2D eigenvalue weighted by Crippen LogP contribution is -2.44. The standard InChI is InChI=1S/C18H20O/c1-2-13-4-3-5-14-7-9-16(19)18(17(13)14)11-12-6-8-15(18)10-12/h3-6,8,12,15H,2,7,9-11H2,1H3. The molecule has 19 heavy (non-hydrogen) atoms. The van der Waals surface area contributed by atoms with Crippen LogP contribution in [0.4, 0.5) is 0 Å². The molecule has 3 unspecified atom stereocenters. The van der Waals surface area contributed by atoms with Crippen LogP contribution in [0, 0.1) is 11.8 Å². The topological polar surface area (TPSA) is 17.1 Å². The average Bonchev–Trinajstić information content (AvgIpc) is 3.04. The molecule has 0 amide bonds. The summed E-state index contributed by atoms with van der Waals surface area (Å²) in [7, 11) is 0. The van der Waals surface area contributed by atoms with E-state index in [0.717, 1.165) is 25.7 Å². The lowest BCUT2D eigenvalue weighted by atomic mass is 9.61. The Morgan fingerprint density at radius 3 is 2.84 bits per heavy atom. The maximum atomic E-state index is 12.8. The Morgan fingerprint density at radius 2 is 2.16 bits per heavy atom. The van der Waals surface area contributed by atoms with Gasteiger partial charge in [0.2, 0.25) is 0 Å². The molecule has 3 aliphatic rings. The fourth-order valence-electron chi connectivity index (χ4n) is 4.80. The fraction of sp³-hybridized carbons (Fsp3) is 0.500. The third-order valence-electron chi connectivity index (χ3n) is 5.57. The minimum atomic E-state index is -0.153. The monoisotopic (exact) mass is 252 g/mol. The van der Waals surface area contributed by atoms with Gasteiger partial charge < -0.3 is 0 Å². The predicted octanol–water partition coefficient (Wildman–Crippen LogP) is 3.60. The average molecular weight is 252 g/mol. The Morgan fingerprint density at radius 1 is 1.26 bits per heavy atom. The SMILES string of the molecule is CCc1cccc2c1C1(CC3C=CC1C3)C(=O)CC2. The van der Waals surface area contributed by atoms with E-state index in [9.17, 15) is 4.79 Å². The largest absolute Gasteiger partial charge is 0.299 e. The summed E-state index contributed by atoms with van der Waals surface area (Å²) in [5.41, 5.74) is 4.12. The number of hydrogen-bond acceptors (Lipinski definition) is 1. The Kier molecular flexibility index (Phi) is 2.30. The molecule has 0 N–H and O–H groups in total. The van der Waals surface area contributed by atoms with Gasteiger partial charge in [-0.25, -0.2) is 0 Å². The number of Topliss-reactive ketones (excluding diaryl/α,β-unsaturated/α-hetero) is 1. The van der Waals surface area contributed by atoms with Crippen molar-refractivity contribution < 1.29 is 4.79 Å². The van der Waals surface area contributed by atoms with Crippen molar-refractivity contribution in [2.45, 2.75) is 44.4 Å². The number of rotatable bonds is 1. The third-order valence-corrected chi connectivity index (χ3v) is 5.57. The number of benzene rings is 1. The second-order valence-corrected chi connectivity index (χ2v) is 6.39. The van der Waals surface area contributed by atoms with Gasteiger partial charge in [0.15, 0.2) is 0 Å². The molecule has 98 valence electrons. The molecular formula is C18H20O. The summed E-state index contributed by atoms with van der Waals surface area (Å²) in [6.07, 6.45) is 9.67. The Hall–Kier alpha value is -1.37. The van der Waals surface area contributed by atoms with Crippen molar-refractivity contribution >= 4 is 5.78 Å². The quantitative estimate of drug-likeness (QED) is 0.698. The molecule has 1 heteroatoms. The zero-order chi connectivity index (χ0) is 13.0. The first-order chi connectivity index (χ1) is 9.25. The molecule has 0 aliphatic heterocycles. The zero-order valence-corrected chi connectivity index (χ0v) is 11.5. The van der Waals surface area contributed by atoms with Crippen LogP contribution in [0.5, 0.6) is 0 Å². The van der Waals surface area contributed by atoms with Crippen molar-refractivity contribution in [2.75, 3.05) is 0 Å². The molecule has 2 bridgehead atoms. The number of carbonyl (C=O) groups is 1. The maximum absolute atomic E-state index is 12.8. The molecule has 3 aliphatic carbocycles. The molecule has 0 saturated heterocycles. The van der Waals surface area contributed by atoms with Crippen molar-refractivity contribution in [1.82, 2.24) is 0 Å². The van der Waals surface area contributed by atoms with E-state index < -0.39 is 0 Å². The number of aryl methyl sites for hydroxylation is 2.